The first-order valence-electron chi connectivity index (χ1n) is 6.75. The van der Waals surface area contributed by atoms with E-state index < -0.39 is 0 Å². The molecule has 0 atom stereocenters. The van der Waals surface area contributed by atoms with Crippen LogP contribution in [0.5, 0.6) is 0 Å². The van der Waals surface area contributed by atoms with Crippen molar-refractivity contribution in [2.75, 3.05) is 13.2 Å². The average molecular weight is 247 g/mol. The number of ether oxygens (including phenoxy) is 1. The van der Waals surface area contributed by atoms with Crippen molar-refractivity contribution in [3.8, 4) is 0 Å². The van der Waals surface area contributed by atoms with Gasteiger partial charge in [-0.15, -0.1) is 0 Å². The fourth-order valence-electron chi connectivity index (χ4n) is 2.70. The third-order valence-electron chi connectivity index (χ3n) is 4.37. The highest BCUT2D eigenvalue weighted by Gasteiger charge is 2.51. The summed E-state index contributed by atoms with van der Waals surface area (Å²) in [6, 6.07) is 6.77. The molecule has 2 nitrogen and oxygen atoms in total. The van der Waals surface area contributed by atoms with Gasteiger partial charge in [0, 0.05) is 5.54 Å². The van der Waals surface area contributed by atoms with Gasteiger partial charge < -0.3 is 10.5 Å². The third-order valence-corrected chi connectivity index (χ3v) is 4.37. The Labute approximate surface area is 111 Å². The molecule has 2 rings (SSSR count). The Morgan fingerprint density at radius 3 is 2.28 bits per heavy atom. The predicted octanol–water partition coefficient (Wildman–Crippen LogP) is 3.12. The second-order valence-electron chi connectivity index (χ2n) is 6.53. The van der Waals surface area contributed by atoms with Crippen LogP contribution >= 0.6 is 0 Å². The van der Waals surface area contributed by atoms with E-state index in [1.807, 2.05) is 0 Å². The summed E-state index contributed by atoms with van der Waals surface area (Å²) in [4.78, 5) is 0. The minimum Gasteiger partial charge on any atom is -0.379 e. The first-order valence-corrected chi connectivity index (χ1v) is 6.75. The quantitative estimate of drug-likeness (QED) is 0.890. The molecule has 100 valence electrons. The summed E-state index contributed by atoms with van der Waals surface area (Å²) in [6.45, 7) is 12.3. The van der Waals surface area contributed by atoms with E-state index in [9.17, 15) is 0 Å². The molecule has 2 N–H and O–H groups in total. The molecule has 1 saturated heterocycles. The molecule has 0 spiro atoms. The zero-order chi connectivity index (χ0) is 13.6. The van der Waals surface area contributed by atoms with Crippen LogP contribution in [0.3, 0.4) is 0 Å². The molecule has 0 bridgehead atoms. The molecule has 0 saturated carbocycles. The van der Waals surface area contributed by atoms with Gasteiger partial charge >= 0.3 is 0 Å². The number of rotatable bonds is 3. The highest BCUT2D eigenvalue weighted by Crippen LogP contribution is 2.42. The molecule has 1 fully saturated rings. The van der Waals surface area contributed by atoms with Crippen LogP contribution in [0.1, 0.15) is 50.3 Å². The van der Waals surface area contributed by atoms with Crippen LogP contribution < -0.4 is 5.73 Å². The number of hydrogen-bond donors (Lipinski definition) is 1. The highest BCUT2D eigenvalue weighted by molar-refractivity contribution is 5.42. The van der Waals surface area contributed by atoms with Gasteiger partial charge in [-0.25, -0.2) is 0 Å². The molecule has 1 aliphatic rings. The van der Waals surface area contributed by atoms with Crippen molar-refractivity contribution >= 4 is 0 Å². The zero-order valence-corrected chi connectivity index (χ0v) is 12.2. The maximum absolute atomic E-state index is 6.42. The minimum atomic E-state index is -0.258. The highest BCUT2D eigenvalue weighted by atomic mass is 16.5. The van der Waals surface area contributed by atoms with Crippen molar-refractivity contribution in [3.05, 3.63) is 34.9 Å². The van der Waals surface area contributed by atoms with Crippen molar-refractivity contribution in [2.45, 2.75) is 51.5 Å². The molecule has 2 heteroatoms. The lowest BCUT2D eigenvalue weighted by molar-refractivity contribution is -0.0922. The molecule has 1 heterocycles. The van der Waals surface area contributed by atoms with Crippen LogP contribution in [0.25, 0.3) is 0 Å². The van der Waals surface area contributed by atoms with E-state index in [0.29, 0.717) is 5.92 Å². The van der Waals surface area contributed by atoms with Crippen molar-refractivity contribution < 1.29 is 4.74 Å². The van der Waals surface area contributed by atoms with E-state index in [1.54, 1.807) is 0 Å². The van der Waals surface area contributed by atoms with Crippen LogP contribution in [0, 0.1) is 6.92 Å². The normalized spacial score (nSPS) is 18.8. The molecule has 0 amide bonds. The first-order chi connectivity index (χ1) is 8.28. The Kier molecular flexibility index (Phi) is 3.28. The maximum atomic E-state index is 6.42. The van der Waals surface area contributed by atoms with E-state index in [4.69, 9.17) is 10.5 Å². The number of nitrogens with two attached hydrogens (primary N) is 1. The largest absolute Gasteiger partial charge is 0.379 e. The number of hydrogen-bond acceptors (Lipinski definition) is 2. The van der Waals surface area contributed by atoms with Crippen LogP contribution in [-0.4, -0.2) is 18.8 Å². The molecule has 18 heavy (non-hydrogen) atoms. The lowest BCUT2D eigenvalue weighted by Crippen LogP contribution is -2.65. The molecular weight excluding hydrogens is 222 g/mol. The van der Waals surface area contributed by atoms with Gasteiger partial charge in [0.25, 0.3) is 0 Å². The summed E-state index contributed by atoms with van der Waals surface area (Å²) in [5.41, 5.74) is 10.2. The Morgan fingerprint density at radius 1 is 1.28 bits per heavy atom. The van der Waals surface area contributed by atoms with E-state index in [2.05, 4.69) is 52.8 Å². The summed E-state index contributed by atoms with van der Waals surface area (Å²) < 4.78 is 5.49. The van der Waals surface area contributed by atoms with Crippen LogP contribution in [0.2, 0.25) is 0 Å². The van der Waals surface area contributed by atoms with E-state index in [-0.39, 0.29) is 11.0 Å². The minimum absolute atomic E-state index is 0.0258. The lowest BCUT2D eigenvalue weighted by atomic mass is 9.64. The van der Waals surface area contributed by atoms with Crippen molar-refractivity contribution in [1.82, 2.24) is 0 Å². The zero-order valence-electron chi connectivity index (χ0n) is 12.2. The van der Waals surface area contributed by atoms with Gasteiger partial charge in [-0.1, -0.05) is 32.0 Å². The molecular formula is C16H25NO. The monoisotopic (exact) mass is 247 g/mol. The fourth-order valence-corrected chi connectivity index (χ4v) is 2.70. The van der Waals surface area contributed by atoms with Crippen molar-refractivity contribution in [2.24, 2.45) is 5.73 Å². The summed E-state index contributed by atoms with van der Waals surface area (Å²) in [7, 11) is 0. The Balaban J connectivity index is 2.52. The van der Waals surface area contributed by atoms with Gasteiger partial charge in [0.1, 0.15) is 0 Å². The first kappa shape index (κ1) is 13.6. The second-order valence-corrected chi connectivity index (χ2v) is 6.53. The van der Waals surface area contributed by atoms with E-state index in [0.717, 1.165) is 13.2 Å². The van der Waals surface area contributed by atoms with Gasteiger partial charge in [-0.3, -0.25) is 0 Å². The van der Waals surface area contributed by atoms with Crippen LogP contribution in [0.4, 0.5) is 0 Å². The van der Waals surface area contributed by atoms with Crippen LogP contribution in [0.15, 0.2) is 18.2 Å². The average Bonchev–Trinajstić information content (AvgIpc) is 2.16. The summed E-state index contributed by atoms with van der Waals surface area (Å²) >= 11 is 0. The molecule has 1 aromatic rings. The molecule has 1 aromatic carbocycles. The Hall–Kier alpha value is -0.860. The second kappa shape index (κ2) is 4.36. The molecule has 0 aliphatic carbocycles. The number of aryl methyl sites for hydroxylation is 1. The van der Waals surface area contributed by atoms with E-state index in [1.165, 1.54) is 16.7 Å². The van der Waals surface area contributed by atoms with Crippen LogP contribution in [-0.2, 0) is 10.2 Å². The van der Waals surface area contributed by atoms with Gasteiger partial charge in [0.05, 0.1) is 18.6 Å². The molecule has 0 unspecified atom stereocenters. The topological polar surface area (TPSA) is 35.2 Å². The standard InChI is InChI=1S/C16H25NO/c1-11(2)13-7-6-12(3)14(8-13)16(9-18-10-16)15(4,5)17/h6-8,11H,9-10,17H2,1-5H3. The summed E-state index contributed by atoms with van der Waals surface area (Å²) in [5.74, 6) is 0.545. The van der Waals surface area contributed by atoms with Crippen molar-refractivity contribution in [1.29, 1.82) is 0 Å². The molecule has 0 radical (unpaired) electrons. The van der Waals surface area contributed by atoms with Crippen molar-refractivity contribution in [3.63, 3.8) is 0 Å². The maximum Gasteiger partial charge on any atom is 0.0603 e. The van der Waals surface area contributed by atoms with Gasteiger partial charge in [-0.05, 0) is 43.4 Å². The molecule has 1 aliphatic heterocycles. The third kappa shape index (κ3) is 1.98. The fraction of sp³-hybridized carbons (Fsp3) is 0.625. The van der Waals surface area contributed by atoms with E-state index >= 15 is 0 Å². The predicted molar refractivity (Wildman–Crippen MR) is 76.0 cm³/mol. The molecule has 0 aromatic heterocycles. The summed E-state index contributed by atoms with van der Waals surface area (Å²) in [5, 5.41) is 0. The van der Waals surface area contributed by atoms with Gasteiger partial charge in [0.15, 0.2) is 0 Å². The Bertz CT molecular complexity index is 439. The van der Waals surface area contributed by atoms with Gasteiger partial charge in [0.2, 0.25) is 0 Å². The Morgan fingerprint density at radius 2 is 1.89 bits per heavy atom. The smallest absolute Gasteiger partial charge is 0.0603 e. The van der Waals surface area contributed by atoms with Gasteiger partial charge in [-0.2, -0.15) is 0 Å². The lowest BCUT2D eigenvalue weighted by Gasteiger charge is -2.51. The number of benzene rings is 1. The summed E-state index contributed by atoms with van der Waals surface area (Å²) in [6.07, 6.45) is 0. The SMILES string of the molecule is Cc1ccc(C(C)C)cc1C1(C(C)(C)N)COC1.